The van der Waals surface area contributed by atoms with E-state index in [0.717, 1.165) is 56.7 Å². The third kappa shape index (κ3) is 5.92. The molecule has 2 aromatic carbocycles. The average molecular weight is 408 g/mol. The zero-order chi connectivity index (χ0) is 21.3. The molecule has 0 unspecified atom stereocenters. The van der Waals surface area contributed by atoms with Gasteiger partial charge in [0.05, 0.1) is 6.54 Å². The van der Waals surface area contributed by atoms with Gasteiger partial charge in [0, 0.05) is 24.7 Å². The minimum atomic E-state index is 0.00373. The molecule has 1 N–H and O–H groups in total. The van der Waals surface area contributed by atoms with Crippen molar-refractivity contribution in [2.75, 3.05) is 38.0 Å². The predicted molar refractivity (Wildman–Crippen MR) is 121 cm³/mol. The lowest BCUT2D eigenvalue weighted by atomic mass is 9.95. The van der Waals surface area contributed by atoms with Crippen LogP contribution in [0.2, 0.25) is 0 Å². The lowest BCUT2D eigenvalue weighted by Gasteiger charge is -2.33. The van der Waals surface area contributed by atoms with Gasteiger partial charge >= 0.3 is 0 Å². The zero-order valence-electron chi connectivity index (χ0n) is 18.1. The topological polar surface area (TPSA) is 52.7 Å². The van der Waals surface area contributed by atoms with Crippen molar-refractivity contribution in [3.63, 3.8) is 0 Å². The molecule has 0 saturated carbocycles. The Morgan fingerprint density at radius 1 is 0.967 bits per heavy atom. The van der Waals surface area contributed by atoms with E-state index in [9.17, 15) is 9.59 Å². The van der Waals surface area contributed by atoms with Gasteiger partial charge in [-0.15, -0.1) is 0 Å². The molecule has 0 radical (unpaired) electrons. The maximum Gasteiger partial charge on any atom is 0.238 e. The number of carbonyl (C=O) groups excluding carboxylic acids is 2. The second-order valence-corrected chi connectivity index (χ2v) is 7.93. The van der Waals surface area contributed by atoms with E-state index in [-0.39, 0.29) is 17.7 Å². The molecule has 5 nitrogen and oxygen atoms in total. The van der Waals surface area contributed by atoms with Gasteiger partial charge in [0.15, 0.2) is 0 Å². The van der Waals surface area contributed by atoms with E-state index in [1.807, 2.05) is 55.1 Å². The molecule has 5 heteroatoms. The summed E-state index contributed by atoms with van der Waals surface area (Å²) in [6.45, 7) is 7.52. The second-order valence-electron chi connectivity index (χ2n) is 7.93. The van der Waals surface area contributed by atoms with Crippen molar-refractivity contribution < 1.29 is 9.59 Å². The van der Waals surface area contributed by atoms with E-state index in [4.69, 9.17) is 0 Å². The predicted octanol–water partition coefficient (Wildman–Crippen LogP) is 3.80. The molecule has 0 aliphatic carbocycles. The van der Waals surface area contributed by atoms with Crippen LogP contribution in [0, 0.1) is 5.92 Å². The standard InChI is InChI=1S/C25H33N3O2/c1-3-28(4-2)25(30)21-14-16-27(17-15-21)19-24(29)26-23-13-9-8-12-22(23)18-20-10-6-5-7-11-20/h5-13,21H,3-4,14-19H2,1-2H3,(H,26,29). The normalized spacial score (nSPS) is 15.0. The maximum absolute atomic E-state index is 12.7. The number of hydrogen-bond donors (Lipinski definition) is 1. The van der Waals surface area contributed by atoms with E-state index in [1.54, 1.807) is 0 Å². The van der Waals surface area contributed by atoms with Crippen LogP contribution in [0.4, 0.5) is 5.69 Å². The first kappa shape index (κ1) is 22.0. The summed E-state index contributed by atoms with van der Waals surface area (Å²) in [5.74, 6) is 0.360. The summed E-state index contributed by atoms with van der Waals surface area (Å²) in [7, 11) is 0. The number of amides is 2. The van der Waals surface area contributed by atoms with Crippen LogP contribution >= 0.6 is 0 Å². The van der Waals surface area contributed by atoms with Crippen LogP contribution in [-0.2, 0) is 16.0 Å². The Hall–Kier alpha value is -2.66. The largest absolute Gasteiger partial charge is 0.343 e. The highest BCUT2D eigenvalue weighted by Gasteiger charge is 2.28. The van der Waals surface area contributed by atoms with Crippen molar-refractivity contribution >= 4 is 17.5 Å². The molecule has 1 heterocycles. The molecule has 0 bridgehead atoms. The lowest BCUT2D eigenvalue weighted by Crippen LogP contribution is -2.44. The van der Waals surface area contributed by atoms with Gasteiger partial charge in [0.2, 0.25) is 11.8 Å². The third-order valence-electron chi connectivity index (χ3n) is 5.91. The van der Waals surface area contributed by atoms with Gasteiger partial charge < -0.3 is 10.2 Å². The van der Waals surface area contributed by atoms with Gasteiger partial charge in [-0.25, -0.2) is 0 Å². The van der Waals surface area contributed by atoms with Gasteiger partial charge in [-0.3, -0.25) is 14.5 Å². The van der Waals surface area contributed by atoms with E-state index in [0.29, 0.717) is 6.54 Å². The molecule has 0 spiro atoms. The molecule has 1 fully saturated rings. The van der Waals surface area contributed by atoms with Crippen LogP contribution in [0.3, 0.4) is 0 Å². The molecule has 30 heavy (non-hydrogen) atoms. The third-order valence-corrected chi connectivity index (χ3v) is 5.91. The van der Waals surface area contributed by atoms with Crippen molar-refractivity contribution in [1.29, 1.82) is 0 Å². The zero-order valence-corrected chi connectivity index (χ0v) is 18.1. The van der Waals surface area contributed by atoms with E-state index >= 15 is 0 Å². The molecule has 1 aliphatic rings. The van der Waals surface area contributed by atoms with E-state index in [2.05, 4.69) is 28.4 Å². The number of hydrogen-bond acceptors (Lipinski definition) is 3. The van der Waals surface area contributed by atoms with Crippen molar-refractivity contribution in [1.82, 2.24) is 9.80 Å². The van der Waals surface area contributed by atoms with Crippen LogP contribution < -0.4 is 5.32 Å². The number of carbonyl (C=O) groups is 2. The number of nitrogens with zero attached hydrogens (tertiary/aromatic N) is 2. The fourth-order valence-electron chi connectivity index (χ4n) is 4.14. The fraction of sp³-hybridized carbons (Fsp3) is 0.440. The number of para-hydroxylation sites is 1. The number of anilines is 1. The molecular weight excluding hydrogens is 374 g/mol. The van der Waals surface area contributed by atoms with Crippen molar-refractivity contribution in [2.45, 2.75) is 33.1 Å². The minimum Gasteiger partial charge on any atom is -0.343 e. The van der Waals surface area contributed by atoms with Crippen LogP contribution in [0.5, 0.6) is 0 Å². The Kier molecular flexibility index (Phi) is 8.03. The van der Waals surface area contributed by atoms with Gasteiger partial charge in [-0.1, -0.05) is 48.5 Å². The van der Waals surface area contributed by atoms with Gasteiger partial charge in [0.1, 0.15) is 0 Å². The Labute approximate surface area is 180 Å². The number of rotatable bonds is 8. The summed E-state index contributed by atoms with van der Waals surface area (Å²) in [6, 6.07) is 18.3. The fourth-order valence-corrected chi connectivity index (χ4v) is 4.14. The molecule has 1 aliphatic heterocycles. The SMILES string of the molecule is CCN(CC)C(=O)C1CCN(CC(=O)Nc2ccccc2Cc2ccccc2)CC1. The molecule has 2 amide bonds. The molecule has 1 saturated heterocycles. The Morgan fingerprint density at radius 2 is 1.60 bits per heavy atom. The Bertz CT molecular complexity index is 825. The van der Waals surface area contributed by atoms with Crippen LogP contribution in [0.15, 0.2) is 54.6 Å². The molecule has 160 valence electrons. The summed E-state index contributed by atoms with van der Waals surface area (Å²) >= 11 is 0. The van der Waals surface area contributed by atoms with Crippen LogP contribution in [0.1, 0.15) is 37.8 Å². The van der Waals surface area contributed by atoms with E-state index < -0.39 is 0 Å². The quantitative estimate of drug-likeness (QED) is 0.724. The summed E-state index contributed by atoms with van der Waals surface area (Å²) in [5, 5.41) is 3.09. The highest BCUT2D eigenvalue weighted by molar-refractivity contribution is 5.93. The summed E-state index contributed by atoms with van der Waals surface area (Å²) in [5.41, 5.74) is 3.21. The first-order valence-electron chi connectivity index (χ1n) is 11.0. The number of likely N-dealkylation sites (tertiary alicyclic amines) is 1. The minimum absolute atomic E-state index is 0.00373. The number of benzene rings is 2. The number of nitrogens with one attached hydrogen (secondary N) is 1. The maximum atomic E-state index is 12.7. The van der Waals surface area contributed by atoms with Crippen LogP contribution in [-0.4, -0.2) is 54.3 Å². The molecular formula is C25H33N3O2. The van der Waals surface area contributed by atoms with Gasteiger partial charge in [-0.2, -0.15) is 0 Å². The average Bonchev–Trinajstić information content (AvgIpc) is 2.77. The van der Waals surface area contributed by atoms with Crippen molar-refractivity contribution in [2.24, 2.45) is 5.92 Å². The lowest BCUT2D eigenvalue weighted by molar-refractivity contribution is -0.136. The first-order valence-corrected chi connectivity index (χ1v) is 11.0. The Morgan fingerprint density at radius 3 is 2.27 bits per heavy atom. The molecule has 0 aromatic heterocycles. The van der Waals surface area contributed by atoms with Crippen molar-refractivity contribution in [3.05, 3.63) is 65.7 Å². The van der Waals surface area contributed by atoms with E-state index in [1.165, 1.54) is 5.56 Å². The van der Waals surface area contributed by atoms with Gasteiger partial charge in [-0.05, 0) is 63.4 Å². The first-order chi connectivity index (χ1) is 14.6. The molecule has 2 aromatic rings. The molecule has 0 atom stereocenters. The van der Waals surface area contributed by atoms with Crippen LogP contribution in [0.25, 0.3) is 0 Å². The summed E-state index contributed by atoms with van der Waals surface area (Å²) in [4.78, 5) is 29.3. The molecule has 3 rings (SSSR count). The number of piperidine rings is 1. The van der Waals surface area contributed by atoms with Crippen molar-refractivity contribution in [3.8, 4) is 0 Å². The second kappa shape index (κ2) is 10.9. The Balaban J connectivity index is 1.52. The summed E-state index contributed by atoms with van der Waals surface area (Å²) < 4.78 is 0. The monoisotopic (exact) mass is 407 g/mol. The summed E-state index contributed by atoms with van der Waals surface area (Å²) in [6.07, 6.45) is 2.44. The van der Waals surface area contributed by atoms with Gasteiger partial charge in [0.25, 0.3) is 0 Å². The smallest absolute Gasteiger partial charge is 0.238 e. The highest BCUT2D eigenvalue weighted by Crippen LogP contribution is 2.21. The highest BCUT2D eigenvalue weighted by atomic mass is 16.2.